The number of fused-ring (bicyclic) bond motifs is 1. The van der Waals surface area contributed by atoms with Crippen LogP contribution in [0, 0.1) is 11.6 Å². The minimum absolute atomic E-state index is 0.00602. The zero-order valence-electron chi connectivity index (χ0n) is 9.02. The quantitative estimate of drug-likeness (QED) is 0.809. The normalized spacial score (nSPS) is 11.2. The molecule has 0 bridgehead atoms. The van der Waals surface area contributed by atoms with Crippen molar-refractivity contribution in [3.63, 3.8) is 0 Å². The van der Waals surface area contributed by atoms with Crippen LogP contribution in [0.5, 0.6) is 0 Å². The average Bonchev–Trinajstić information content (AvgIpc) is 2.69. The fourth-order valence-corrected chi connectivity index (χ4v) is 1.72. The third-order valence-corrected chi connectivity index (χ3v) is 2.52. The van der Waals surface area contributed by atoms with Crippen LogP contribution < -0.4 is 5.32 Å². The van der Waals surface area contributed by atoms with Gasteiger partial charge in [-0.05, 0) is 31.6 Å². The maximum Gasteiger partial charge on any atom is 0.172 e. The van der Waals surface area contributed by atoms with Gasteiger partial charge in [0.15, 0.2) is 11.4 Å². The predicted molar refractivity (Wildman–Crippen MR) is 58.4 cm³/mol. The van der Waals surface area contributed by atoms with Crippen molar-refractivity contribution < 1.29 is 13.2 Å². The fourth-order valence-electron chi connectivity index (χ4n) is 1.72. The molecule has 0 spiro atoms. The molecule has 0 saturated heterocycles. The summed E-state index contributed by atoms with van der Waals surface area (Å²) in [6.45, 7) is 3.57. The van der Waals surface area contributed by atoms with Crippen LogP contribution in [0.4, 0.5) is 8.78 Å². The molecule has 0 saturated carbocycles. The van der Waals surface area contributed by atoms with Gasteiger partial charge in [-0.15, -0.1) is 0 Å². The van der Waals surface area contributed by atoms with E-state index in [9.17, 15) is 8.78 Å². The Morgan fingerprint density at radius 2 is 2.00 bits per heavy atom. The number of rotatable bonds is 4. The molecule has 4 heteroatoms. The minimum Gasteiger partial charge on any atom is -0.461 e. The Morgan fingerprint density at radius 1 is 1.25 bits per heavy atom. The lowest BCUT2D eigenvalue weighted by molar-refractivity contribution is 0.553. The third-order valence-electron chi connectivity index (χ3n) is 2.52. The SMILES string of the molecule is CCNCCc1coc2c(F)ccc(F)c12. The zero-order chi connectivity index (χ0) is 11.5. The van der Waals surface area contributed by atoms with Gasteiger partial charge in [-0.1, -0.05) is 6.92 Å². The van der Waals surface area contributed by atoms with Gasteiger partial charge in [0.05, 0.1) is 11.6 Å². The first-order valence-corrected chi connectivity index (χ1v) is 5.28. The van der Waals surface area contributed by atoms with Gasteiger partial charge in [0, 0.05) is 5.56 Å². The van der Waals surface area contributed by atoms with Crippen LogP contribution in [0.2, 0.25) is 0 Å². The Balaban J connectivity index is 2.36. The average molecular weight is 225 g/mol. The molecule has 0 aliphatic carbocycles. The van der Waals surface area contributed by atoms with Crippen molar-refractivity contribution in [3.8, 4) is 0 Å². The van der Waals surface area contributed by atoms with E-state index in [1.165, 1.54) is 6.26 Å². The van der Waals surface area contributed by atoms with E-state index in [1.54, 1.807) is 0 Å². The number of furan rings is 1. The van der Waals surface area contributed by atoms with Crippen molar-refractivity contribution in [2.45, 2.75) is 13.3 Å². The molecule has 16 heavy (non-hydrogen) atoms. The Bertz CT molecular complexity index is 493. The molecule has 0 atom stereocenters. The van der Waals surface area contributed by atoms with Gasteiger partial charge in [0.1, 0.15) is 5.82 Å². The number of likely N-dealkylation sites (N-methyl/N-ethyl adjacent to an activating group) is 1. The molecule has 0 aliphatic heterocycles. The number of nitrogens with one attached hydrogen (secondary N) is 1. The molecule has 0 aliphatic rings. The van der Waals surface area contributed by atoms with Gasteiger partial charge in [-0.25, -0.2) is 8.78 Å². The summed E-state index contributed by atoms with van der Waals surface area (Å²) in [5.41, 5.74) is 0.708. The molecule has 86 valence electrons. The molecule has 0 amide bonds. The van der Waals surface area contributed by atoms with Crippen molar-refractivity contribution in [1.82, 2.24) is 5.32 Å². The van der Waals surface area contributed by atoms with Gasteiger partial charge < -0.3 is 9.73 Å². The van der Waals surface area contributed by atoms with Crippen molar-refractivity contribution in [2.75, 3.05) is 13.1 Å². The van der Waals surface area contributed by atoms with Crippen molar-refractivity contribution in [3.05, 3.63) is 35.6 Å². The second-order valence-electron chi connectivity index (χ2n) is 3.60. The third kappa shape index (κ3) is 1.93. The largest absolute Gasteiger partial charge is 0.461 e. The molecule has 1 aromatic carbocycles. The van der Waals surface area contributed by atoms with Gasteiger partial charge in [0.2, 0.25) is 0 Å². The summed E-state index contributed by atoms with van der Waals surface area (Å²) in [7, 11) is 0. The van der Waals surface area contributed by atoms with E-state index in [1.807, 2.05) is 6.92 Å². The van der Waals surface area contributed by atoms with Crippen LogP contribution in [0.25, 0.3) is 11.0 Å². The first-order chi connectivity index (χ1) is 7.74. The Kier molecular flexibility index (Phi) is 3.19. The summed E-state index contributed by atoms with van der Waals surface area (Å²) < 4.78 is 31.9. The van der Waals surface area contributed by atoms with Gasteiger partial charge in [-0.2, -0.15) is 0 Å². The van der Waals surface area contributed by atoms with Crippen LogP contribution in [-0.2, 0) is 6.42 Å². The summed E-state index contributed by atoms with van der Waals surface area (Å²) in [4.78, 5) is 0. The monoisotopic (exact) mass is 225 g/mol. The standard InChI is InChI=1S/C12H13F2NO/c1-2-15-6-5-8-7-16-12-10(14)4-3-9(13)11(8)12/h3-4,7,15H,2,5-6H2,1H3. The van der Waals surface area contributed by atoms with E-state index >= 15 is 0 Å². The lowest BCUT2D eigenvalue weighted by atomic mass is 10.1. The highest BCUT2D eigenvalue weighted by Gasteiger charge is 2.14. The summed E-state index contributed by atoms with van der Waals surface area (Å²) in [5, 5.41) is 3.39. The topological polar surface area (TPSA) is 25.2 Å². The number of benzene rings is 1. The fraction of sp³-hybridized carbons (Fsp3) is 0.333. The van der Waals surface area contributed by atoms with Crippen molar-refractivity contribution >= 4 is 11.0 Å². The highest BCUT2D eigenvalue weighted by atomic mass is 19.1. The highest BCUT2D eigenvalue weighted by molar-refractivity contribution is 5.82. The molecule has 0 radical (unpaired) electrons. The predicted octanol–water partition coefficient (Wildman–Crippen LogP) is 2.86. The van der Waals surface area contributed by atoms with Crippen LogP contribution in [0.1, 0.15) is 12.5 Å². The smallest absolute Gasteiger partial charge is 0.172 e. The van der Waals surface area contributed by atoms with Crippen LogP contribution in [0.15, 0.2) is 22.8 Å². The highest BCUT2D eigenvalue weighted by Crippen LogP contribution is 2.26. The molecule has 1 heterocycles. The van der Waals surface area contributed by atoms with E-state index < -0.39 is 11.6 Å². The lowest BCUT2D eigenvalue weighted by Gasteiger charge is -2.00. The van der Waals surface area contributed by atoms with Crippen molar-refractivity contribution in [2.24, 2.45) is 0 Å². The minimum atomic E-state index is -0.522. The molecular weight excluding hydrogens is 212 g/mol. The maximum atomic E-state index is 13.5. The van der Waals surface area contributed by atoms with Gasteiger partial charge in [-0.3, -0.25) is 0 Å². The molecule has 0 unspecified atom stereocenters. The molecule has 1 aromatic heterocycles. The number of hydrogen-bond acceptors (Lipinski definition) is 2. The molecule has 2 aromatic rings. The van der Waals surface area contributed by atoms with E-state index in [0.717, 1.165) is 25.2 Å². The summed E-state index contributed by atoms with van der Waals surface area (Å²) >= 11 is 0. The van der Waals surface area contributed by atoms with Gasteiger partial charge in [0.25, 0.3) is 0 Å². The zero-order valence-corrected chi connectivity index (χ0v) is 9.02. The maximum absolute atomic E-state index is 13.5. The lowest BCUT2D eigenvalue weighted by Crippen LogP contribution is -2.15. The van der Waals surface area contributed by atoms with Crippen LogP contribution in [0.3, 0.4) is 0 Å². The first-order valence-electron chi connectivity index (χ1n) is 5.28. The van der Waals surface area contributed by atoms with Crippen LogP contribution >= 0.6 is 0 Å². The molecule has 0 fully saturated rings. The van der Waals surface area contributed by atoms with E-state index in [0.29, 0.717) is 12.0 Å². The second kappa shape index (κ2) is 4.61. The second-order valence-corrected chi connectivity index (χ2v) is 3.60. The van der Waals surface area contributed by atoms with Gasteiger partial charge >= 0.3 is 0 Å². The molecule has 2 rings (SSSR count). The summed E-state index contributed by atoms with van der Waals surface area (Å²) in [6.07, 6.45) is 2.05. The van der Waals surface area contributed by atoms with E-state index in [2.05, 4.69) is 5.32 Å². The summed E-state index contributed by atoms with van der Waals surface area (Å²) in [5.74, 6) is -0.956. The number of hydrogen-bond donors (Lipinski definition) is 1. The molecule has 2 nitrogen and oxygen atoms in total. The van der Waals surface area contributed by atoms with E-state index in [4.69, 9.17) is 4.42 Å². The van der Waals surface area contributed by atoms with Crippen molar-refractivity contribution in [1.29, 1.82) is 0 Å². The first kappa shape index (κ1) is 11.1. The van der Waals surface area contributed by atoms with E-state index in [-0.39, 0.29) is 11.0 Å². The Morgan fingerprint density at radius 3 is 2.75 bits per heavy atom. The summed E-state index contributed by atoms with van der Waals surface area (Å²) in [6, 6.07) is 2.21. The number of halogens is 2. The Hall–Kier alpha value is -1.42. The van der Waals surface area contributed by atoms with Crippen LogP contribution in [-0.4, -0.2) is 13.1 Å². The molecular formula is C12H13F2NO. The molecule has 1 N–H and O–H groups in total. The Labute approximate surface area is 92.2 Å².